The van der Waals surface area contributed by atoms with Gasteiger partial charge in [-0.2, -0.15) is 0 Å². The molecule has 0 heterocycles. The van der Waals surface area contributed by atoms with Gasteiger partial charge in [0.25, 0.3) is 17.5 Å². The van der Waals surface area contributed by atoms with Gasteiger partial charge in [-0.05, 0) is 73.2 Å². The maximum atomic E-state index is 13.4. The number of nitrogens with zero attached hydrogens (tertiary/aromatic N) is 1. The molecule has 1 atom stereocenters. The molecule has 0 aliphatic carbocycles. The van der Waals surface area contributed by atoms with Gasteiger partial charge in [-0.25, -0.2) is 4.39 Å². The van der Waals surface area contributed by atoms with Crippen LogP contribution >= 0.6 is 11.8 Å². The van der Waals surface area contributed by atoms with Gasteiger partial charge in [-0.15, -0.1) is 11.8 Å². The first-order chi connectivity index (χ1) is 20.7. The van der Waals surface area contributed by atoms with Crippen LogP contribution in [-0.2, 0) is 9.59 Å². The third-order valence-corrected chi connectivity index (χ3v) is 7.47. The molecule has 0 spiro atoms. The molecule has 0 saturated carbocycles. The summed E-state index contributed by atoms with van der Waals surface area (Å²) in [6, 6.07) is 26.4. The van der Waals surface area contributed by atoms with Crippen molar-refractivity contribution >= 4 is 52.6 Å². The summed E-state index contributed by atoms with van der Waals surface area (Å²) in [4.78, 5) is 50.9. The molecule has 218 valence electrons. The number of hydrogen-bond acceptors (Lipinski definition) is 6. The van der Waals surface area contributed by atoms with Crippen LogP contribution in [0.15, 0.2) is 114 Å². The highest BCUT2D eigenvalue weighted by Gasteiger charge is 2.20. The summed E-state index contributed by atoms with van der Waals surface area (Å²) in [5.41, 5.74) is 0.851. The highest BCUT2D eigenvalue weighted by molar-refractivity contribution is 8.00. The Balaban J connectivity index is 1.54. The highest BCUT2D eigenvalue weighted by Crippen LogP contribution is 2.29. The minimum Gasteiger partial charge on any atom is -0.325 e. The predicted molar refractivity (Wildman–Crippen MR) is 165 cm³/mol. The van der Waals surface area contributed by atoms with Gasteiger partial charge >= 0.3 is 0 Å². The van der Waals surface area contributed by atoms with Gasteiger partial charge in [-0.3, -0.25) is 24.5 Å². The van der Waals surface area contributed by atoms with Crippen LogP contribution in [0, 0.1) is 15.9 Å². The molecule has 0 aliphatic rings. The van der Waals surface area contributed by atoms with Gasteiger partial charge in [0.1, 0.15) is 11.5 Å². The smallest absolute Gasteiger partial charge is 0.276 e. The van der Waals surface area contributed by atoms with Crippen LogP contribution in [0.1, 0.15) is 29.3 Å². The van der Waals surface area contributed by atoms with Crippen molar-refractivity contribution in [3.63, 3.8) is 0 Å². The number of halogens is 1. The SMILES string of the molecule is CCC(Sc1cccc(NC(=O)/C(=C\c2ccccc2[N+](=O)[O-])NC(=O)c2ccccc2)c1)C(=O)Nc1ccc(F)cc1. The molecule has 4 rings (SSSR count). The standard InChI is InChI=1S/C32H27FN4O5S/c1-2-29(32(40)34-24-17-15-23(33)16-18-24)43-26-13-8-12-25(20-26)35-31(39)27(36-30(38)21-9-4-3-5-10-21)19-22-11-6-7-14-28(22)37(41)42/h3-20,29H,2H2,1H3,(H,34,40)(H,35,39)(H,36,38)/b27-19+. The maximum absolute atomic E-state index is 13.4. The van der Waals surface area contributed by atoms with Gasteiger partial charge in [0.2, 0.25) is 5.91 Å². The first-order valence-corrected chi connectivity index (χ1v) is 14.1. The molecule has 11 heteroatoms. The first kappa shape index (κ1) is 30.7. The molecular formula is C32H27FN4O5S. The molecule has 0 saturated heterocycles. The number of para-hydroxylation sites is 1. The van der Waals surface area contributed by atoms with Crippen molar-refractivity contribution in [2.24, 2.45) is 0 Å². The van der Waals surface area contributed by atoms with Crippen molar-refractivity contribution in [2.45, 2.75) is 23.5 Å². The highest BCUT2D eigenvalue weighted by atomic mass is 32.2. The van der Waals surface area contributed by atoms with E-state index >= 15 is 0 Å². The zero-order chi connectivity index (χ0) is 30.8. The van der Waals surface area contributed by atoms with Gasteiger partial charge < -0.3 is 16.0 Å². The van der Waals surface area contributed by atoms with E-state index in [1.165, 1.54) is 60.3 Å². The third kappa shape index (κ3) is 8.60. The zero-order valence-electron chi connectivity index (χ0n) is 23.0. The molecule has 4 aromatic rings. The summed E-state index contributed by atoms with van der Waals surface area (Å²) in [7, 11) is 0. The van der Waals surface area contributed by atoms with Crippen LogP contribution in [0.5, 0.6) is 0 Å². The Morgan fingerprint density at radius 3 is 2.28 bits per heavy atom. The second-order valence-electron chi connectivity index (χ2n) is 9.19. The van der Waals surface area contributed by atoms with E-state index in [2.05, 4.69) is 16.0 Å². The van der Waals surface area contributed by atoms with Crippen LogP contribution in [0.25, 0.3) is 6.08 Å². The van der Waals surface area contributed by atoms with E-state index in [1.807, 2.05) is 6.92 Å². The lowest BCUT2D eigenvalue weighted by Gasteiger charge is -2.16. The van der Waals surface area contributed by atoms with Gasteiger partial charge in [0.15, 0.2) is 0 Å². The molecule has 3 amide bonds. The quantitative estimate of drug-likeness (QED) is 0.0767. The molecule has 1 unspecified atom stereocenters. The Bertz CT molecular complexity index is 1660. The van der Waals surface area contributed by atoms with Crippen molar-refractivity contribution in [1.29, 1.82) is 0 Å². The van der Waals surface area contributed by atoms with E-state index < -0.39 is 27.8 Å². The number of benzene rings is 4. The Hall–Kier alpha value is -5.29. The summed E-state index contributed by atoms with van der Waals surface area (Å²) >= 11 is 1.29. The fourth-order valence-electron chi connectivity index (χ4n) is 3.96. The van der Waals surface area contributed by atoms with Crippen molar-refractivity contribution < 1.29 is 23.7 Å². The number of nitro benzene ring substituents is 1. The summed E-state index contributed by atoms with van der Waals surface area (Å²) in [6.07, 6.45) is 1.75. The number of amides is 3. The number of nitrogens with one attached hydrogen (secondary N) is 3. The van der Waals surface area contributed by atoms with Crippen LogP contribution < -0.4 is 16.0 Å². The summed E-state index contributed by atoms with van der Waals surface area (Å²) in [5.74, 6) is -1.93. The number of thioether (sulfide) groups is 1. The fraction of sp³-hybridized carbons (Fsp3) is 0.0938. The van der Waals surface area contributed by atoms with Crippen molar-refractivity contribution in [2.75, 3.05) is 10.6 Å². The van der Waals surface area contributed by atoms with Crippen LogP contribution in [0.3, 0.4) is 0 Å². The number of carbonyl (C=O) groups is 3. The average molecular weight is 599 g/mol. The van der Waals surface area contributed by atoms with Crippen molar-refractivity contribution in [3.8, 4) is 0 Å². The predicted octanol–water partition coefficient (Wildman–Crippen LogP) is 6.65. The van der Waals surface area contributed by atoms with Gasteiger partial charge in [0, 0.05) is 27.9 Å². The summed E-state index contributed by atoms with van der Waals surface area (Å²) < 4.78 is 13.2. The molecule has 0 bridgehead atoms. The van der Waals surface area contributed by atoms with Crippen LogP contribution in [0.4, 0.5) is 21.5 Å². The van der Waals surface area contributed by atoms with E-state index in [1.54, 1.807) is 60.7 Å². The number of rotatable bonds is 11. The molecule has 4 aromatic carbocycles. The second-order valence-corrected chi connectivity index (χ2v) is 10.5. The van der Waals surface area contributed by atoms with Crippen LogP contribution in [-0.4, -0.2) is 27.9 Å². The Kier molecular flexibility index (Phi) is 10.4. The first-order valence-electron chi connectivity index (χ1n) is 13.2. The number of hydrogen-bond donors (Lipinski definition) is 3. The lowest BCUT2D eigenvalue weighted by atomic mass is 10.1. The molecule has 43 heavy (non-hydrogen) atoms. The molecule has 0 aliphatic heterocycles. The number of anilines is 2. The minimum absolute atomic E-state index is 0.133. The molecule has 9 nitrogen and oxygen atoms in total. The van der Waals surface area contributed by atoms with Crippen molar-refractivity contribution in [3.05, 3.63) is 136 Å². The summed E-state index contributed by atoms with van der Waals surface area (Å²) in [5, 5.41) is 19.2. The summed E-state index contributed by atoms with van der Waals surface area (Å²) in [6.45, 7) is 1.86. The van der Waals surface area contributed by atoms with E-state index in [-0.39, 0.29) is 22.9 Å². The lowest BCUT2D eigenvalue weighted by Crippen LogP contribution is -2.30. The Morgan fingerprint density at radius 1 is 0.884 bits per heavy atom. The molecule has 0 aromatic heterocycles. The number of carbonyl (C=O) groups excluding carboxylic acids is 3. The fourth-order valence-corrected chi connectivity index (χ4v) is 4.98. The minimum atomic E-state index is -0.703. The van der Waals surface area contributed by atoms with Crippen molar-refractivity contribution in [1.82, 2.24) is 5.32 Å². The maximum Gasteiger partial charge on any atom is 0.276 e. The van der Waals surface area contributed by atoms with E-state index in [9.17, 15) is 28.9 Å². The molecule has 0 radical (unpaired) electrons. The molecular weight excluding hydrogens is 571 g/mol. The second kappa shape index (κ2) is 14.6. The van der Waals surface area contributed by atoms with E-state index in [0.29, 0.717) is 28.3 Å². The van der Waals surface area contributed by atoms with E-state index in [4.69, 9.17) is 0 Å². The largest absolute Gasteiger partial charge is 0.325 e. The average Bonchev–Trinajstić information content (AvgIpc) is 3.01. The molecule has 0 fully saturated rings. The zero-order valence-corrected chi connectivity index (χ0v) is 23.8. The lowest BCUT2D eigenvalue weighted by molar-refractivity contribution is -0.385. The topological polar surface area (TPSA) is 130 Å². The third-order valence-electron chi connectivity index (χ3n) is 6.11. The van der Waals surface area contributed by atoms with Crippen LogP contribution in [0.2, 0.25) is 0 Å². The normalized spacial score (nSPS) is 11.7. The van der Waals surface area contributed by atoms with Gasteiger partial charge in [0.05, 0.1) is 15.7 Å². The van der Waals surface area contributed by atoms with Gasteiger partial charge in [-0.1, -0.05) is 43.3 Å². The Morgan fingerprint density at radius 2 is 1.58 bits per heavy atom. The van der Waals surface area contributed by atoms with E-state index in [0.717, 1.165) is 0 Å². The molecule has 3 N–H and O–H groups in total. The Labute approximate surface area is 251 Å². The monoisotopic (exact) mass is 598 g/mol. The number of nitro groups is 1.